The summed E-state index contributed by atoms with van der Waals surface area (Å²) in [5.74, 6) is -0.666. The van der Waals surface area contributed by atoms with E-state index in [-0.39, 0.29) is 22.2 Å². The quantitative estimate of drug-likeness (QED) is 0.392. The summed E-state index contributed by atoms with van der Waals surface area (Å²) in [6, 6.07) is 12.2. The van der Waals surface area contributed by atoms with E-state index in [1.807, 2.05) is 31.2 Å². The van der Waals surface area contributed by atoms with Crippen LogP contribution in [-0.2, 0) is 11.3 Å². The number of carbonyl (C=O) groups is 1. The third-order valence-corrected chi connectivity index (χ3v) is 4.96. The van der Waals surface area contributed by atoms with E-state index in [2.05, 4.69) is 20.1 Å². The number of fused-ring (bicyclic) bond motifs is 1. The number of para-hydroxylation sites is 2. The second-order valence-corrected chi connectivity index (χ2v) is 6.69. The van der Waals surface area contributed by atoms with Crippen molar-refractivity contribution in [2.24, 2.45) is 5.10 Å². The van der Waals surface area contributed by atoms with Gasteiger partial charge in [-0.3, -0.25) is 4.79 Å². The number of halogens is 2. The fourth-order valence-corrected chi connectivity index (χ4v) is 3.52. The van der Waals surface area contributed by atoms with Crippen LogP contribution < -0.4 is 5.43 Å². The van der Waals surface area contributed by atoms with Gasteiger partial charge in [0.05, 0.1) is 28.0 Å². The molecule has 0 aliphatic carbocycles. The Morgan fingerprint density at radius 2 is 2.15 bits per heavy atom. The molecule has 3 aromatic rings. The van der Waals surface area contributed by atoms with Gasteiger partial charge in [-0.05, 0) is 31.2 Å². The average molecular weight is 391 g/mol. The van der Waals surface area contributed by atoms with Crippen LogP contribution in [0.2, 0.25) is 5.02 Å². The Morgan fingerprint density at radius 1 is 1.35 bits per heavy atom. The zero-order chi connectivity index (χ0) is 18.5. The van der Waals surface area contributed by atoms with Crippen molar-refractivity contribution < 1.29 is 9.18 Å². The molecule has 0 aliphatic heterocycles. The molecule has 0 aliphatic rings. The molecule has 5 nitrogen and oxygen atoms in total. The SMILES string of the molecule is CCn1c(SCC(=O)NN=Cc2c(F)cccc2Cl)nc2ccccc21. The maximum atomic E-state index is 13.6. The summed E-state index contributed by atoms with van der Waals surface area (Å²) in [6.07, 6.45) is 1.20. The first kappa shape index (κ1) is 18.4. The van der Waals surface area contributed by atoms with Crippen LogP contribution in [0.4, 0.5) is 4.39 Å². The molecule has 0 radical (unpaired) electrons. The number of hydrogen-bond acceptors (Lipinski definition) is 4. The molecule has 0 atom stereocenters. The standard InChI is InChI=1S/C18H16ClFN4OS/c1-2-24-16-9-4-3-8-15(16)22-18(24)26-11-17(25)23-21-10-12-13(19)6-5-7-14(12)20/h3-10H,2,11H2,1H3,(H,23,25). The van der Waals surface area contributed by atoms with Crippen molar-refractivity contribution in [2.75, 3.05) is 5.75 Å². The highest BCUT2D eigenvalue weighted by Gasteiger charge is 2.11. The van der Waals surface area contributed by atoms with Crippen LogP contribution in [0.5, 0.6) is 0 Å². The molecule has 8 heteroatoms. The number of imidazole rings is 1. The van der Waals surface area contributed by atoms with Crippen LogP contribution in [0, 0.1) is 5.82 Å². The van der Waals surface area contributed by atoms with Gasteiger partial charge in [0.1, 0.15) is 5.82 Å². The molecule has 1 heterocycles. The molecule has 1 N–H and O–H groups in total. The van der Waals surface area contributed by atoms with E-state index in [0.717, 1.165) is 22.7 Å². The first-order valence-corrected chi connectivity index (χ1v) is 9.30. The van der Waals surface area contributed by atoms with Crippen molar-refractivity contribution in [3.05, 3.63) is 58.9 Å². The van der Waals surface area contributed by atoms with E-state index in [0.29, 0.717) is 0 Å². The molecule has 134 valence electrons. The van der Waals surface area contributed by atoms with E-state index >= 15 is 0 Å². The average Bonchev–Trinajstić information content (AvgIpc) is 3.00. The molecule has 2 aromatic carbocycles. The molecule has 0 fully saturated rings. The van der Waals surface area contributed by atoms with E-state index in [1.54, 1.807) is 6.07 Å². The number of carbonyl (C=O) groups excluding carboxylic acids is 1. The highest BCUT2D eigenvalue weighted by molar-refractivity contribution is 7.99. The molecule has 0 bridgehead atoms. The van der Waals surface area contributed by atoms with Gasteiger partial charge in [0.25, 0.3) is 5.91 Å². The lowest BCUT2D eigenvalue weighted by atomic mass is 10.2. The molecular weight excluding hydrogens is 375 g/mol. The summed E-state index contributed by atoms with van der Waals surface area (Å²) < 4.78 is 15.7. The second-order valence-electron chi connectivity index (χ2n) is 5.34. The number of nitrogens with one attached hydrogen (secondary N) is 1. The minimum Gasteiger partial charge on any atom is -0.319 e. The number of hydrogen-bond donors (Lipinski definition) is 1. The molecule has 1 amide bonds. The van der Waals surface area contributed by atoms with Crippen molar-refractivity contribution in [2.45, 2.75) is 18.6 Å². The third-order valence-electron chi connectivity index (χ3n) is 3.65. The number of nitrogens with zero attached hydrogens (tertiary/aromatic N) is 3. The zero-order valence-corrected chi connectivity index (χ0v) is 15.5. The Morgan fingerprint density at radius 3 is 2.92 bits per heavy atom. The first-order valence-electron chi connectivity index (χ1n) is 7.94. The van der Waals surface area contributed by atoms with Gasteiger partial charge in [-0.2, -0.15) is 5.10 Å². The maximum absolute atomic E-state index is 13.6. The Labute approximate surface area is 159 Å². The van der Waals surface area contributed by atoms with Gasteiger partial charge in [-0.1, -0.05) is 41.6 Å². The van der Waals surface area contributed by atoms with Gasteiger partial charge in [0, 0.05) is 12.1 Å². The fraction of sp³-hybridized carbons (Fsp3) is 0.167. The smallest absolute Gasteiger partial charge is 0.250 e. The normalized spacial score (nSPS) is 11.3. The van der Waals surface area contributed by atoms with Crippen LogP contribution in [0.15, 0.2) is 52.7 Å². The summed E-state index contributed by atoms with van der Waals surface area (Å²) in [5.41, 5.74) is 4.43. The molecule has 1 aromatic heterocycles. The molecule has 0 saturated heterocycles. The minimum absolute atomic E-state index is 0.134. The number of benzene rings is 2. The number of aromatic nitrogens is 2. The van der Waals surface area contributed by atoms with Crippen LogP contribution in [-0.4, -0.2) is 27.4 Å². The van der Waals surface area contributed by atoms with E-state index in [9.17, 15) is 9.18 Å². The lowest BCUT2D eigenvalue weighted by molar-refractivity contribution is -0.118. The van der Waals surface area contributed by atoms with E-state index < -0.39 is 5.82 Å². The molecular formula is C18H16ClFN4OS. The highest BCUT2D eigenvalue weighted by atomic mass is 35.5. The lowest BCUT2D eigenvalue weighted by Gasteiger charge is -2.05. The Balaban J connectivity index is 1.62. The van der Waals surface area contributed by atoms with Gasteiger partial charge in [0.2, 0.25) is 0 Å². The summed E-state index contributed by atoms with van der Waals surface area (Å²) in [7, 11) is 0. The summed E-state index contributed by atoms with van der Waals surface area (Å²) >= 11 is 7.22. The van der Waals surface area contributed by atoms with Crippen LogP contribution in [0.1, 0.15) is 12.5 Å². The van der Waals surface area contributed by atoms with Crippen molar-refractivity contribution >= 4 is 46.5 Å². The summed E-state index contributed by atoms with van der Waals surface area (Å²) in [5, 5.41) is 4.77. The van der Waals surface area contributed by atoms with Crippen molar-refractivity contribution in [1.82, 2.24) is 15.0 Å². The van der Waals surface area contributed by atoms with Crippen LogP contribution in [0.3, 0.4) is 0 Å². The van der Waals surface area contributed by atoms with Gasteiger partial charge >= 0.3 is 0 Å². The Hall–Kier alpha value is -2.38. The van der Waals surface area contributed by atoms with Gasteiger partial charge in [0.15, 0.2) is 5.16 Å². The minimum atomic E-state index is -0.499. The number of amides is 1. The number of aryl methyl sites for hydroxylation is 1. The summed E-state index contributed by atoms with van der Waals surface area (Å²) in [6.45, 7) is 2.79. The molecule has 0 saturated carbocycles. The topological polar surface area (TPSA) is 59.3 Å². The lowest BCUT2D eigenvalue weighted by Crippen LogP contribution is -2.20. The molecule has 3 rings (SSSR count). The van der Waals surface area contributed by atoms with E-state index in [1.165, 1.54) is 30.1 Å². The predicted molar refractivity (Wildman–Crippen MR) is 103 cm³/mol. The van der Waals surface area contributed by atoms with Gasteiger partial charge < -0.3 is 4.57 Å². The Kier molecular flexibility index (Phi) is 5.90. The maximum Gasteiger partial charge on any atom is 0.250 e. The van der Waals surface area contributed by atoms with Crippen LogP contribution >= 0.6 is 23.4 Å². The first-order chi connectivity index (χ1) is 12.6. The number of rotatable bonds is 6. The van der Waals surface area contributed by atoms with Crippen molar-refractivity contribution in [3.8, 4) is 0 Å². The third kappa shape index (κ3) is 4.05. The van der Waals surface area contributed by atoms with Gasteiger partial charge in [-0.15, -0.1) is 0 Å². The van der Waals surface area contributed by atoms with E-state index in [4.69, 9.17) is 11.6 Å². The largest absolute Gasteiger partial charge is 0.319 e. The highest BCUT2D eigenvalue weighted by Crippen LogP contribution is 2.23. The Bertz CT molecular complexity index is 953. The molecule has 0 spiro atoms. The zero-order valence-electron chi connectivity index (χ0n) is 13.9. The molecule has 0 unspecified atom stereocenters. The summed E-state index contributed by atoms with van der Waals surface area (Å²) in [4.78, 5) is 16.5. The van der Waals surface area contributed by atoms with Crippen molar-refractivity contribution in [1.29, 1.82) is 0 Å². The number of thioether (sulfide) groups is 1. The van der Waals surface area contributed by atoms with Crippen molar-refractivity contribution in [3.63, 3.8) is 0 Å². The predicted octanol–water partition coefficient (Wildman–Crippen LogP) is 4.09. The monoisotopic (exact) mass is 390 g/mol. The molecule has 26 heavy (non-hydrogen) atoms. The fourth-order valence-electron chi connectivity index (χ4n) is 2.43. The second kappa shape index (κ2) is 8.33. The number of hydrazone groups is 1. The van der Waals surface area contributed by atoms with Crippen LogP contribution in [0.25, 0.3) is 11.0 Å². The van der Waals surface area contributed by atoms with Gasteiger partial charge in [-0.25, -0.2) is 14.8 Å².